The SMILES string of the molecule is CCOC(=O)[C@H]1CCCN(S(=O)(=O)N2C[C@H](C(N)=O)Cc3ccccc32)C1. The number of benzene rings is 1. The lowest BCUT2D eigenvalue weighted by molar-refractivity contribution is -0.149. The van der Waals surface area contributed by atoms with Gasteiger partial charge in [0.25, 0.3) is 0 Å². The number of primary amides is 1. The fraction of sp³-hybridized carbons (Fsp3) is 0.556. The zero-order chi connectivity index (χ0) is 19.6. The normalized spacial score (nSPS) is 23.5. The molecule has 1 fully saturated rings. The molecule has 2 aliphatic heterocycles. The molecule has 27 heavy (non-hydrogen) atoms. The van der Waals surface area contributed by atoms with E-state index in [0.717, 1.165) is 5.56 Å². The Labute approximate surface area is 159 Å². The molecule has 1 saturated heterocycles. The van der Waals surface area contributed by atoms with Gasteiger partial charge in [0.1, 0.15) is 0 Å². The summed E-state index contributed by atoms with van der Waals surface area (Å²) in [6.07, 6.45) is 1.60. The van der Waals surface area contributed by atoms with E-state index in [1.54, 1.807) is 19.1 Å². The summed E-state index contributed by atoms with van der Waals surface area (Å²) in [6, 6.07) is 7.12. The molecule has 0 radical (unpaired) electrons. The number of carbonyl (C=O) groups is 2. The number of anilines is 1. The first-order valence-corrected chi connectivity index (χ1v) is 10.6. The average Bonchev–Trinajstić information content (AvgIpc) is 2.67. The van der Waals surface area contributed by atoms with E-state index in [9.17, 15) is 18.0 Å². The van der Waals surface area contributed by atoms with Gasteiger partial charge in [-0.25, -0.2) is 0 Å². The number of hydrogen-bond donors (Lipinski definition) is 1. The molecule has 0 bridgehead atoms. The van der Waals surface area contributed by atoms with Crippen LogP contribution in [0, 0.1) is 11.8 Å². The Morgan fingerprint density at radius 3 is 2.67 bits per heavy atom. The van der Waals surface area contributed by atoms with Crippen LogP contribution in [0.4, 0.5) is 5.69 Å². The molecule has 0 aromatic heterocycles. The van der Waals surface area contributed by atoms with Crippen LogP contribution < -0.4 is 10.0 Å². The highest BCUT2D eigenvalue weighted by molar-refractivity contribution is 7.90. The number of piperidine rings is 1. The summed E-state index contributed by atoms with van der Waals surface area (Å²) in [5.74, 6) is -1.94. The fourth-order valence-electron chi connectivity index (χ4n) is 3.71. The van der Waals surface area contributed by atoms with E-state index in [0.29, 0.717) is 31.5 Å². The van der Waals surface area contributed by atoms with Gasteiger partial charge in [-0.15, -0.1) is 0 Å². The average molecular weight is 395 g/mol. The topological polar surface area (TPSA) is 110 Å². The summed E-state index contributed by atoms with van der Waals surface area (Å²) in [6.45, 7) is 2.42. The minimum atomic E-state index is -3.90. The molecule has 0 aliphatic carbocycles. The van der Waals surface area contributed by atoms with Gasteiger partial charge in [0.2, 0.25) is 5.91 Å². The molecule has 2 aliphatic rings. The van der Waals surface area contributed by atoms with Crippen molar-refractivity contribution < 1.29 is 22.7 Å². The highest BCUT2D eigenvalue weighted by Crippen LogP contribution is 2.34. The molecule has 1 amide bonds. The van der Waals surface area contributed by atoms with E-state index in [1.165, 1.54) is 8.61 Å². The van der Waals surface area contributed by atoms with Crippen molar-refractivity contribution in [3.05, 3.63) is 29.8 Å². The fourth-order valence-corrected chi connectivity index (χ4v) is 5.51. The zero-order valence-electron chi connectivity index (χ0n) is 15.3. The molecule has 0 unspecified atom stereocenters. The molecule has 9 heteroatoms. The number of nitrogens with two attached hydrogens (primary N) is 1. The maximum absolute atomic E-state index is 13.3. The van der Waals surface area contributed by atoms with Crippen molar-refractivity contribution in [3.63, 3.8) is 0 Å². The van der Waals surface area contributed by atoms with Crippen molar-refractivity contribution in [1.82, 2.24) is 4.31 Å². The second-order valence-electron chi connectivity index (χ2n) is 6.92. The number of amides is 1. The van der Waals surface area contributed by atoms with Crippen LogP contribution in [-0.2, 0) is 31.0 Å². The number of hydrogen-bond acceptors (Lipinski definition) is 5. The number of nitrogens with zero attached hydrogens (tertiary/aromatic N) is 2. The van der Waals surface area contributed by atoms with Crippen LogP contribution in [0.3, 0.4) is 0 Å². The van der Waals surface area contributed by atoms with Gasteiger partial charge in [-0.1, -0.05) is 18.2 Å². The lowest BCUT2D eigenvalue weighted by Gasteiger charge is -2.39. The first kappa shape index (κ1) is 19.6. The first-order valence-electron chi connectivity index (χ1n) is 9.16. The zero-order valence-corrected chi connectivity index (χ0v) is 16.2. The molecule has 2 N–H and O–H groups in total. The summed E-state index contributed by atoms with van der Waals surface area (Å²) < 4.78 is 34.3. The van der Waals surface area contributed by atoms with Gasteiger partial charge in [0.15, 0.2) is 0 Å². The summed E-state index contributed by atoms with van der Waals surface area (Å²) in [5.41, 5.74) is 6.80. The number of carbonyl (C=O) groups excluding carboxylic acids is 2. The van der Waals surface area contributed by atoms with Gasteiger partial charge in [-0.2, -0.15) is 12.7 Å². The van der Waals surface area contributed by atoms with Crippen LogP contribution in [0.2, 0.25) is 0 Å². The monoisotopic (exact) mass is 395 g/mol. The van der Waals surface area contributed by atoms with E-state index in [2.05, 4.69) is 0 Å². The van der Waals surface area contributed by atoms with Crippen molar-refractivity contribution in [2.45, 2.75) is 26.2 Å². The Morgan fingerprint density at radius 1 is 1.22 bits per heavy atom. The minimum Gasteiger partial charge on any atom is -0.466 e. The predicted octanol–water partition coefficient (Wildman–Crippen LogP) is 0.671. The van der Waals surface area contributed by atoms with E-state index >= 15 is 0 Å². The van der Waals surface area contributed by atoms with Crippen LogP contribution in [0.15, 0.2) is 24.3 Å². The summed E-state index contributed by atoms with van der Waals surface area (Å²) in [4.78, 5) is 23.8. The molecule has 0 spiro atoms. The Morgan fingerprint density at radius 2 is 1.96 bits per heavy atom. The van der Waals surface area contributed by atoms with Gasteiger partial charge in [0.05, 0.1) is 24.1 Å². The number of ether oxygens (including phenoxy) is 1. The van der Waals surface area contributed by atoms with Crippen molar-refractivity contribution in [3.8, 4) is 0 Å². The van der Waals surface area contributed by atoms with Crippen molar-refractivity contribution in [1.29, 1.82) is 0 Å². The summed E-state index contributed by atoms with van der Waals surface area (Å²) in [5, 5.41) is 0. The lowest BCUT2D eigenvalue weighted by Crippen LogP contribution is -2.53. The molecule has 2 atom stereocenters. The summed E-state index contributed by atoms with van der Waals surface area (Å²) in [7, 11) is -3.90. The molecule has 3 rings (SSSR count). The molecular formula is C18H25N3O5S. The lowest BCUT2D eigenvalue weighted by atomic mass is 9.93. The van der Waals surface area contributed by atoms with Gasteiger partial charge in [-0.3, -0.25) is 13.9 Å². The maximum atomic E-state index is 13.3. The molecule has 0 saturated carbocycles. The molecule has 2 heterocycles. The van der Waals surface area contributed by atoms with Crippen LogP contribution in [0.1, 0.15) is 25.3 Å². The van der Waals surface area contributed by atoms with Crippen LogP contribution >= 0.6 is 0 Å². The van der Waals surface area contributed by atoms with Crippen LogP contribution in [-0.4, -0.2) is 50.8 Å². The second kappa shape index (κ2) is 7.85. The maximum Gasteiger partial charge on any atom is 0.310 e. The predicted molar refractivity (Wildman–Crippen MR) is 100 cm³/mol. The molecule has 8 nitrogen and oxygen atoms in total. The third kappa shape index (κ3) is 3.93. The number of fused-ring (bicyclic) bond motifs is 1. The standard InChI is InChI=1S/C18H25N3O5S/c1-2-26-18(23)14-7-5-9-20(11-14)27(24,25)21-12-15(17(19)22)10-13-6-3-4-8-16(13)21/h3-4,6,8,14-15H,2,5,7,9-12H2,1H3,(H2,19,22)/t14-,15+/m0/s1. The van der Waals surface area contributed by atoms with Crippen LogP contribution in [0.25, 0.3) is 0 Å². The number of rotatable bonds is 5. The number of esters is 1. The van der Waals surface area contributed by atoms with Gasteiger partial charge >= 0.3 is 16.2 Å². The third-order valence-corrected chi connectivity index (χ3v) is 7.01. The molecular weight excluding hydrogens is 370 g/mol. The Balaban J connectivity index is 1.89. The highest BCUT2D eigenvalue weighted by atomic mass is 32.2. The van der Waals surface area contributed by atoms with Gasteiger partial charge in [-0.05, 0) is 37.8 Å². The quantitative estimate of drug-likeness (QED) is 0.737. The highest BCUT2D eigenvalue weighted by Gasteiger charge is 2.40. The van der Waals surface area contributed by atoms with Crippen molar-refractivity contribution >= 4 is 27.8 Å². The van der Waals surface area contributed by atoms with E-state index in [1.807, 2.05) is 12.1 Å². The smallest absolute Gasteiger partial charge is 0.310 e. The van der Waals surface area contributed by atoms with Gasteiger partial charge < -0.3 is 10.5 Å². The molecule has 1 aromatic carbocycles. The molecule has 1 aromatic rings. The van der Waals surface area contributed by atoms with Crippen molar-refractivity contribution in [2.75, 3.05) is 30.5 Å². The van der Waals surface area contributed by atoms with E-state index in [-0.39, 0.29) is 25.7 Å². The van der Waals surface area contributed by atoms with Crippen molar-refractivity contribution in [2.24, 2.45) is 17.6 Å². The van der Waals surface area contributed by atoms with Crippen LogP contribution in [0.5, 0.6) is 0 Å². The van der Waals surface area contributed by atoms with E-state index in [4.69, 9.17) is 10.5 Å². The number of para-hydroxylation sites is 1. The Bertz CT molecular complexity index is 826. The third-order valence-electron chi connectivity index (χ3n) is 5.12. The van der Waals surface area contributed by atoms with Gasteiger partial charge in [0, 0.05) is 19.6 Å². The molecule has 148 valence electrons. The summed E-state index contributed by atoms with van der Waals surface area (Å²) >= 11 is 0. The second-order valence-corrected chi connectivity index (χ2v) is 8.77. The first-order chi connectivity index (χ1) is 12.8. The minimum absolute atomic E-state index is 0.00918. The Hall–Kier alpha value is -2.13. The van der Waals surface area contributed by atoms with E-state index < -0.39 is 28.0 Å². The Kier molecular flexibility index (Phi) is 5.71. The largest absolute Gasteiger partial charge is 0.466 e.